The maximum atomic E-state index is 12.5. The first-order chi connectivity index (χ1) is 16.9. The molecule has 35 heavy (non-hydrogen) atoms. The molecule has 0 saturated heterocycles. The van der Waals surface area contributed by atoms with Crippen molar-refractivity contribution in [1.82, 2.24) is 4.98 Å². The Bertz CT molecular complexity index is 1360. The molecule has 0 saturated carbocycles. The van der Waals surface area contributed by atoms with Crippen LogP contribution in [0.4, 0.5) is 11.5 Å². The summed E-state index contributed by atoms with van der Waals surface area (Å²) in [5.74, 6) is 1.81. The third-order valence-corrected chi connectivity index (χ3v) is 6.48. The third kappa shape index (κ3) is 5.16. The van der Waals surface area contributed by atoms with Gasteiger partial charge in [-0.2, -0.15) is 10.5 Å². The van der Waals surface area contributed by atoms with E-state index in [0.717, 1.165) is 11.1 Å². The molecule has 1 aromatic heterocycles. The molecule has 176 valence electrons. The number of fused-ring (bicyclic) bond motifs is 1. The molecule has 2 heterocycles. The minimum atomic E-state index is -0.194. The Kier molecular flexibility index (Phi) is 7.09. The van der Waals surface area contributed by atoms with E-state index in [1.54, 1.807) is 18.2 Å². The molecule has 2 aromatic carbocycles. The number of thioether (sulfide) groups is 1. The molecular weight excluding hydrogens is 462 g/mol. The molecule has 4 rings (SSSR count). The van der Waals surface area contributed by atoms with E-state index in [4.69, 9.17) is 15.2 Å². The van der Waals surface area contributed by atoms with E-state index >= 15 is 0 Å². The molecule has 8 nitrogen and oxygen atoms in total. The second-order valence-corrected chi connectivity index (χ2v) is 9.23. The molecule has 1 aliphatic rings. The van der Waals surface area contributed by atoms with Crippen molar-refractivity contribution in [3.05, 3.63) is 59.2 Å². The Morgan fingerprint density at radius 2 is 1.83 bits per heavy atom. The van der Waals surface area contributed by atoms with Gasteiger partial charge >= 0.3 is 0 Å². The number of aromatic nitrogens is 1. The quantitative estimate of drug-likeness (QED) is 0.444. The summed E-state index contributed by atoms with van der Waals surface area (Å²) < 4.78 is 10.6. The summed E-state index contributed by atoms with van der Waals surface area (Å²) in [5.41, 5.74) is 9.47. The van der Waals surface area contributed by atoms with Gasteiger partial charge in [-0.3, -0.25) is 4.79 Å². The Morgan fingerprint density at radius 3 is 2.51 bits per heavy atom. The van der Waals surface area contributed by atoms with Crippen LogP contribution >= 0.6 is 11.8 Å². The van der Waals surface area contributed by atoms with Gasteiger partial charge in [-0.1, -0.05) is 38.1 Å². The Hall–Kier alpha value is -4.21. The predicted molar refractivity (Wildman–Crippen MR) is 134 cm³/mol. The smallest absolute Gasteiger partial charge is 0.231 e. The van der Waals surface area contributed by atoms with Crippen LogP contribution in [-0.2, 0) is 4.79 Å². The van der Waals surface area contributed by atoms with Gasteiger partial charge in [0, 0.05) is 29.5 Å². The molecule has 3 aromatic rings. The fraction of sp³-hybridized carbons (Fsp3) is 0.231. The SMILES string of the molecule is CC(C)c1ccc(-c2c(C#N)c(N)nc(SCCC(=O)Nc3ccc4c(c3)OCO4)c2C#N)cc1. The molecular formula is C26H23N5O3S. The van der Waals surface area contributed by atoms with E-state index in [-0.39, 0.29) is 36.1 Å². The number of nitriles is 2. The fourth-order valence-electron chi connectivity index (χ4n) is 3.66. The first-order valence-corrected chi connectivity index (χ1v) is 12.0. The monoisotopic (exact) mass is 485 g/mol. The molecule has 0 bridgehead atoms. The van der Waals surface area contributed by atoms with Crippen molar-refractivity contribution in [2.24, 2.45) is 0 Å². The minimum Gasteiger partial charge on any atom is -0.454 e. The summed E-state index contributed by atoms with van der Waals surface area (Å²) in [6, 6.07) is 17.2. The van der Waals surface area contributed by atoms with Crippen LogP contribution in [0.1, 0.15) is 42.9 Å². The molecule has 1 amide bonds. The summed E-state index contributed by atoms with van der Waals surface area (Å²) >= 11 is 1.25. The van der Waals surface area contributed by atoms with Crippen molar-refractivity contribution in [3.8, 4) is 34.8 Å². The van der Waals surface area contributed by atoms with Crippen LogP contribution in [-0.4, -0.2) is 23.4 Å². The Labute approximate surface area is 207 Å². The number of rotatable bonds is 7. The highest BCUT2D eigenvalue weighted by Crippen LogP contribution is 2.37. The van der Waals surface area contributed by atoms with Gasteiger partial charge in [0.05, 0.1) is 5.56 Å². The van der Waals surface area contributed by atoms with Gasteiger partial charge in [0.15, 0.2) is 11.5 Å². The molecule has 3 N–H and O–H groups in total. The van der Waals surface area contributed by atoms with Crippen molar-refractivity contribution in [2.45, 2.75) is 31.2 Å². The second kappa shape index (κ2) is 10.4. The highest BCUT2D eigenvalue weighted by molar-refractivity contribution is 7.99. The Morgan fingerprint density at radius 1 is 1.11 bits per heavy atom. The van der Waals surface area contributed by atoms with Gasteiger partial charge in [-0.25, -0.2) is 4.98 Å². The van der Waals surface area contributed by atoms with Gasteiger partial charge in [-0.05, 0) is 29.2 Å². The number of hydrogen-bond acceptors (Lipinski definition) is 8. The normalized spacial score (nSPS) is 11.7. The minimum absolute atomic E-state index is 0.0572. The van der Waals surface area contributed by atoms with Gasteiger partial charge < -0.3 is 20.5 Å². The van der Waals surface area contributed by atoms with Gasteiger partial charge in [0.25, 0.3) is 0 Å². The highest BCUT2D eigenvalue weighted by Gasteiger charge is 2.21. The number of anilines is 2. The van der Waals surface area contributed by atoms with E-state index < -0.39 is 0 Å². The number of nitrogens with zero attached hydrogens (tertiary/aromatic N) is 3. The van der Waals surface area contributed by atoms with Crippen molar-refractivity contribution in [1.29, 1.82) is 10.5 Å². The number of benzene rings is 2. The van der Waals surface area contributed by atoms with Crippen LogP contribution in [0.3, 0.4) is 0 Å². The molecule has 0 fully saturated rings. The molecule has 1 aliphatic heterocycles. The lowest BCUT2D eigenvalue weighted by Crippen LogP contribution is -2.12. The number of nitrogens with one attached hydrogen (secondary N) is 1. The summed E-state index contributed by atoms with van der Waals surface area (Å²) in [5, 5.41) is 22.9. The molecule has 0 atom stereocenters. The lowest BCUT2D eigenvalue weighted by atomic mass is 9.94. The van der Waals surface area contributed by atoms with Crippen molar-refractivity contribution in [2.75, 3.05) is 23.6 Å². The summed E-state index contributed by atoms with van der Waals surface area (Å²) in [4.78, 5) is 16.8. The number of pyridine rings is 1. The highest BCUT2D eigenvalue weighted by atomic mass is 32.2. The maximum absolute atomic E-state index is 12.5. The van der Waals surface area contributed by atoms with Crippen molar-refractivity contribution >= 4 is 29.2 Å². The van der Waals surface area contributed by atoms with E-state index in [1.807, 2.05) is 24.3 Å². The predicted octanol–water partition coefficient (Wildman–Crippen LogP) is 5.05. The zero-order chi connectivity index (χ0) is 24.9. The van der Waals surface area contributed by atoms with Crippen LogP contribution in [0, 0.1) is 22.7 Å². The number of nitrogens with two attached hydrogens (primary N) is 1. The largest absolute Gasteiger partial charge is 0.454 e. The number of carbonyl (C=O) groups is 1. The van der Waals surface area contributed by atoms with Crippen molar-refractivity contribution in [3.63, 3.8) is 0 Å². The van der Waals surface area contributed by atoms with Crippen LogP contribution < -0.4 is 20.5 Å². The fourth-order valence-corrected chi connectivity index (χ4v) is 4.60. The number of ether oxygens (including phenoxy) is 2. The number of hydrogen-bond donors (Lipinski definition) is 2. The standard InChI is InChI=1S/C26H23N5O3S/c1-15(2)16-3-5-17(6-4-16)24-19(12-27)25(29)31-26(20(24)13-28)35-10-9-23(32)30-18-7-8-21-22(11-18)34-14-33-21/h3-8,11,15H,9-10,14H2,1-2H3,(H2,29,31)(H,30,32). The lowest BCUT2D eigenvalue weighted by molar-refractivity contribution is -0.115. The number of nitrogen functional groups attached to an aromatic ring is 1. The van der Waals surface area contributed by atoms with E-state index in [0.29, 0.717) is 39.4 Å². The summed E-state index contributed by atoms with van der Waals surface area (Å²) in [6.07, 6.45) is 0.185. The zero-order valence-electron chi connectivity index (χ0n) is 19.3. The van der Waals surface area contributed by atoms with Crippen LogP contribution in [0.2, 0.25) is 0 Å². The Balaban J connectivity index is 1.51. The van der Waals surface area contributed by atoms with E-state index in [2.05, 4.69) is 36.3 Å². The maximum Gasteiger partial charge on any atom is 0.231 e. The zero-order valence-corrected chi connectivity index (χ0v) is 20.1. The van der Waals surface area contributed by atoms with E-state index in [9.17, 15) is 15.3 Å². The first kappa shape index (κ1) is 23.9. The second-order valence-electron chi connectivity index (χ2n) is 8.14. The average Bonchev–Trinajstić information content (AvgIpc) is 3.31. The number of carbonyl (C=O) groups excluding carboxylic acids is 1. The summed E-state index contributed by atoms with van der Waals surface area (Å²) in [6.45, 7) is 4.35. The third-order valence-electron chi connectivity index (χ3n) is 5.51. The summed E-state index contributed by atoms with van der Waals surface area (Å²) in [7, 11) is 0. The molecule has 0 unspecified atom stereocenters. The molecule has 0 aliphatic carbocycles. The molecule has 0 radical (unpaired) electrons. The lowest BCUT2D eigenvalue weighted by Gasteiger charge is -2.14. The van der Waals surface area contributed by atoms with Gasteiger partial charge in [0.1, 0.15) is 28.5 Å². The topological polar surface area (TPSA) is 134 Å². The molecule has 0 spiro atoms. The number of amides is 1. The first-order valence-electron chi connectivity index (χ1n) is 11.0. The van der Waals surface area contributed by atoms with Crippen molar-refractivity contribution < 1.29 is 14.3 Å². The van der Waals surface area contributed by atoms with Gasteiger partial charge in [-0.15, -0.1) is 11.8 Å². The van der Waals surface area contributed by atoms with Crippen LogP contribution in [0.5, 0.6) is 11.5 Å². The molecule has 9 heteroatoms. The average molecular weight is 486 g/mol. The van der Waals surface area contributed by atoms with Gasteiger partial charge in [0.2, 0.25) is 12.7 Å². The van der Waals surface area contributed by atoms with E-state index in [1.165, 1.54) is 11.8 Å². The van der Waals surface area contributed by atoms with Crippen LogP contribution in [0.15, 0.2) is 47.5 Å². The van der Waals surface area contributed by atoms with Crippen LogP contribution in [0.25, 0.3) is 11.1 Å².